The molecule has 5 heteroatoms. The quantitative estimate of drug-likeness (QED) is 0.805. The molecule has 21 heavy (non-hydrogen) atoms. The highest BCUT2D eigenvalue weighted by Crippen LogP contribution is 2.39. The molecule has 3 nitrogen and oxygen atoms in total. The Kier molecular flexibility index (Phi) is 3.79. The van der Waals surface area contributed by atoms with Crippen LogP contribution < -0.4 is 22.2 Å². The lowest BCUT2D eigenvalue weighted by Gasteiger charge is -2.19. The van der Waals surface area contributed by atoms with Crippen molar-refractivity contribution in [2.24, 2.45) is 4.99 Å². The number of para-hydroxylation sites is 2. The number of fused-ring (bicyclic) bond motifs is 3. The molecule has 2 aromatic rings. The topological polar surface area (TPSA) is 18.8 Å². The zero-order chi connectivity index (χ0) is 13.5. The number of aliphatic imine (C=N–C) groups is 1. The molecule has 0 saturated carbocycles. The number of benzene rings is 2. The molecular weight excluding hydrogens is 305 g/mol. The fraction of sp³-hybridized carbons (Fsp3) is 0.188. The second-order valence-electron chi connectivity index (χ2n) is 5.03. The van der Waals surface area contributed by atoms with E-state index in [2.05, 4.69) is 51.2 Å². The van der Waals surface area contributed by atoms with Crippen LogP contribution in [0.5, 0.6) is 0 Å². The summed E-state index contributed by atoms with van der Waals surface area (Å²) in [6.07, 6.45) is 0. The zero-order valence-corrected chi connectivity index (χ0v) is 12.8. The van der Waals surface area contributed by atoms with Gasteiger partial charge in [-0.2, -0.15) is 0 Å². The van der Waals surface area contributed by atoms with Crippen LogP contribution in [0.2, 0.25) is 5.02 Å². The van der Waals surface area contributed by atoms with Gasteiger partial charge in [0.25, 0.3) is 0 Å². The highest BCUT2D eigenvalue weighted by atomic mass is 35.5. The molecule has 0 N–H and O–H groups in total. The van der Waals surface area contributed by atoms with Gasteiger partial charge < -0.3 is 22.2 Å². The van der Waals surface area contributed by atoms with Crippen LogP contribution in [-0.2, 0) is 6.54 Å². The Morgan fingerprint density at radius 2 is 1.71 bits per heavy atom. The van der Waals surface area contributed by atoms with Gasteiger partial charge in [-0.05, 0) is 29.8 Å². The van der Waals surface area contributed by atoms with E-state index in [-0.39, 0.29) is 12.4 Å². The summed E-state index contributed by atoms with van der Waals surface area (Å²) in [7, 11) is 0. The molecule has 0 radical (unpaired) electrons. The second-order valence-corrected chi connectivity index (χ2v) is 5.47. The van der Waals surface area contributed by atoms with E-state index in [1.54, 1.807) is 0 Å². The first kappa shape index (κ1) is 14.2. The summed E-state index contributed by atoms with van der Waals surface area (Å²) < 4.78 is 0. The predicted molar refractivity (Wildman–Crippen MR) is 83.7 cm³/mol. The number of hydrogen-bond acceptors (Lipinski definition) is 3. The molecule has 2 heterocycles. The Morgan fingerprint density at radius 1 is 1.00 bits per heavy atom. The average molecular weight is 319 g/mol. The molecule has 108 valence electrons. The van der Waals surface area contributed by atoms with Crippen molar-refractivity contribution < 1.29 is 12.4 Å². The van der Waals surface area contributed by atoms with Crippen molar-refractivity contribution in [2.75, 3.05) is 22.9 Å². The minimum Gasteiger partial charge on any atom is -1.00 e. The lowest BCUT2D eigenvalue weighted by atomic mass is 10.2. The first-order valence-corrected chi connectivity index (χ1v) is 7.14. The Labute approximate surface area is 135 Å². The van der Waals surface area contributed by atoms with Gasteiger partial charge in [0, 0.05) is 11.6 Å². The van der Waals surface area contributed by atoms with E-state index < -0.39 is 0 Å². The molecule has 0 aromatic heterocycles. The van der Waals surface area contributed by atoms with Crippen LogP contribution in [0.4, 0.5) is 11.4 Å². The summed E-state index contributed by atoms with van der Waals surface area (Å²) in [5.41, 5.74) is 3.74. The number of halogens is 2. The van der Waals surface area contributed by atoms with Crippen molar-refractivity contribution in [3.05, 3.63) is 59.1 Å². The summed E-state index contributed by atoms with van der Waals surface area (Å²) in [6, 6.07) is 16.5. The number of guanidine groups is 1. The smallest absolute Gasteiger partial charge is 0.206 e. The molecule has 0 atom stereocenters. The fourth-order valence-electron chi connectivity index (χ4n) is 2.85. The van der Waals surface area contributed by atoms with Crippen molar-refractivity contribution >= 4 is 28.9 Å². The fourth-order valence-corrected chi connectivity index (χ4v) is 2.98. The molecule has 0 spiro atoms. The molecule has 0 bridgehead atoms. The largest absolute Gasteiger partial charge is 1.00 e. The third kappa shape index (κ3) is 2.37. The van der Waals surface area contributed by atoms with Crippen LogP contribution in [0.1, 0.15) is 5.56 Å². The van der Waals surface area contributed by atoms with Crippen LogP contribution in [0.3, 0.4) is 0 Å². The standard InChI is InChI=1S/C16H14ClN3.ClH/c17-13-7-5-12(6-8-13)11-20-15-4-2-1-3-14(15)19-10-9-18-16(19)20;/h1-8H,9-11H2;1H/p-1. The van der Waals surface area contributed by atoms with Gasteiger partial charge in [-0.25, -0.2) is 0 Å². The first-order valence-electron chi connectivity index (χ1n) is 6.76. The van der Waals surface area contributed by atoms with Crippen molar-refractivity contribution in [1.82, 2.24) is 0 Å². The van der Waals surface area contributed by atoms with Crippen LogP contribution >= 0.6 is 11.6 Å². The predicted octanol–water partition coefficient (Wildman–Crippen LogP) is 0.540. The monoisotopic (exact) mass is 318 g/mol. The summed E-state index contributed by atoms with van der Waals surface area (Å²) in [5, 5.41) is 0.774. The Morgan fingerprint density at radius 3 is 2.48 bits per heavy atom. The van der Waals surface area contributed by atoms with Gasteiger partial charge in [0.05, 0.1) is 24.5 Å². The van der Waals surface area contributed by atoms with Gasteiger partial charge in [0.15, 0.2) is 0 Å². The SMILES string of the molecule is Clc1ccc(CN2C3=NCCN3c3ccccc32)cc1.[Cl-]. The number of nitrogens with zero attached hydrogens (tertiary/aromatic N) is 3. The number of rotatable bonds is 2. The van der Waals surface area contributed by atoms with Crippen LogP contribution in [0.25, 0.3) is 0 Å². The molecule has 0 unspecified atom stereocenters. The molecule has 4 rings (SSSR count). The molecule has 0 aliphatic carbocycles. The Balaban J connectivity index is 0.00000132. The summed E-state index contributed by atoms with van der Waals surface area (Å²) in [6.45, 7) is 2.67. The number of hydrogen-bond donors (Lipinski definition) is 0. The average Bonchev–Trinajstić information content (AvgIpc) is 3.05. The highest BCUT2D eigenvalue weighted by molar-refractivity contribution is 6.30. The molecule has 2 aliphatic rings. The van der Waals surface area contributed by atoms with E-state index >= 15 is 0 Å². The third-order valence-electron chi connectivity index (χ3n) is 3.78. The van der Waals surface area contributed by atoms with Gasteiger partial charge >= 0.3 is 0 Å². The maximum atomic E-state index is 5.95. The molecule has 0 amide bonds. The van der Waals surface area contributed by atoms with Crippen molar-refractivity contribution in [3.63, 3.8) is 0 Å². The Hall–Kier alpha value is -1.71. The van der Waals surface area contributed by atoms with Crippen LogP contribution in [0, 0.1) is 0 Å². The molecule has 2 aliphatic heterocycles. The van der Waals surface area contributed by atoms with Gasteiger partial charge in [-0.15, -0.1) is 0 Å². The summed E-state index contributed by atoms with van der Waals surface area (Å²) in [4.78, 5) is 9.23. The second kappa shape index (κ2) is 5.58. The molecule has 0 fully saturated rings. The van der Waals surface area contributed by atoms with E-state index in [4.69, 9.17) is 11.6 Å². The normalized spacial score (nSPS) is 15.4. The van der Waals surface area contributed by atoms with Crippen molar-refractivity contribution in [1.29, 1.82) is 0 Å². The Bertz CT molecular complexity index is 682. The van der Waals surface area contributed by atoms with E-state index in [0.29, 0.717) is 0 Å². The minimum absolute atomic E-state index is 0. The van der Waals surface area contributed by atoms with Crippen molar-refractivity contribution in [2.45, 2.75) is 6.54 Å². The summed E-state index contributed by atoms with van der Waals surface area (Å²) >= 11 is 5.95. The number of anilines is 2. The van der Waals surface area contributed by atoms with Crippen molar-refractivity contribution in [3.8, 4) is 0 Å². The minimum atomic E-state index is 0. The molecular formula is C16H14Cl2N3-. The maximum Gasteiger partial charge on any atom is 0.206 e. The van der Waals surface area contributed by atoms with E-state index in [1.807, 2.05) is 12.1 Å². The lowest BCUT2D eigenvalue weighted by Crippen LogP contribution is -3.00. The summed E-state index contributed by atoms with van der Waals surface area (Å²) in [5.74, 6) is 1.07. The van der Waals surface area contributed by atoms with E-state index in [9.17, 15) is 0 Å². The van der Waals surface area contributed by atoms with Gasteiger partial charge in [-0.3, -0.25) is 4.99 Å². The van der Waals surface area contributed by atoms with E-state index in [1.165, 1.54) is 16.9 Å². The zero-order valence-electron chi connectivity index (χ0n) is 11.3. The van der Waals surface area contributed by atoms with Gasteiger partial charge in [-0.1, -0.05) is 35.9 Å². The third-order valence-corrected chi connectivity index (χ3v) is 4.03. The van der Waals surface area contributed by atoms with Gasteiger partial charge in [0.2, 0.25) is 5.96 Å². The van der Waals surface area contributed by atoms with Gasteiger partial charge in [0.1, 0.15) is 0 Å². The molecule has 0 saturated heterocycles. The van der Waals surface area contributed by atoms with E-state index in [0.717, 1.165) is 30.6 Å². The van der Waals surface area contributed by atoms with Crippen LogP contribution in [0.15, 0.2) is 53.5 Å². The first-order chi connectivity index (χ1) is 9.83. The highest BCUT2D eigenvalue weighted by Gasteiger charge is 2.34. The van der Waals surface area contributed by atoms with Crippen LogP contribution in [-0.4, -0.2) is 19.0 Å². The maximum absolute atomic E-state index is 5.95. The molecule has 2 aromatic carbocycles. The lowest BCUT2D eigenvalue weighted by molar-refractivity contribution is -0.00000379.